The van der Waals surface area contributed by atoms with E-state index in [-0.39, 0.29) is 17.3 Å². The summed E-state index contributed by atoms with van der Waals surface area (Å²) < 4.78 is 0. The van der Waals surface area contributed by atoms with E-state index in [4.69, 9.17) is 0 Å². The van der Waals surface area contributed by atoms with Crippen molar-refractivity contribution in [2.75, 3.05) is 0 Å². The van der Waals surface area contributed by atoms with Crippen LogP contribution in [0, 0.1) is 5.41 Å². The fourth-order valence-corrected chi connectivity index (χ4v) is 2.76. The molecular formula is C13H22O2. The van der Waals surface area contributed by atoms with E-state index in [9.17, 15) is 9.90 Å². The first-order chi connectivity index (χ1) is 6.88. The maximum Gasteiger partial charge on any atom is 0.159 e. The molecule has 0 saturated carbocycles. The topological polar surface area (TPSA) is 37.3 Å². The summed E-state index contributed by atoms with van der Waals surface area (Å²) in [5.74, 6) is 0.270. The van der Waals surface area contributed by atoms with Crippen molar-refractivity contribution in [1.82, 2.24) is 0 Å². The SMILES string of the molecule is CCCC(=O)C1=C(C)CC(O)CC1(C)C. The van der Waals surface area contributed by atoms with Crippen molar-refractivity contribution in [1.29, 1.82) is 0 Å². The Morgan fingerprint density at radius 2 is 2.13 bits per heavy atom. The van der Waals surface area contributed by atoms with Gasteiger partial charge in [0.1, 0.15) is 0 Å². The number of aliphatic hydroxyl groups excluding tert-OH is 1. The standard InChI is InChI=1S/C13H22O2/c1-5-6-11(15)12-9(2)7-10(14)8-13(12,3)4/h10,14H,5-8H2,1-4H3. The molecule has 0 spiro atoms. The van der Waals surface area contributed by atoms with Gasteiger partial charge in [0.2, 0.25) is 0 Å². The molecule has 15 heavy (non-hydrogen) atoms. The monoisotopic (exact) mass is 210 g/mol. The second kappa shape index (κ2) is 4.48. The van der Waals surface area contributed by atoms with Gasteiger partial charge in [-0.2, -0.15) is 0 Å². The minimum Gasteiger partial charge on any atom is -0.393 e. The van der Waals surface area contributed by atoms with E-state index in [2.05, 4.69) is 13.8 Å². The molecule has 1 atom stereocenters. The van der Waals surface area contributed by atoms with E-state index in [0.29, 0.717) is 19.3 Å². The first-order valence-corrected chi connectivity index (χ1v) is 5.80. The molecule has 0 aromatic heterocycles. The maximum atomic E-state index is 12.0. The Hall–Kier alpha value is -0.630. The van der Waals surface area contributed by atoms with Crippen LogP contribution in [0.1, 0.15) is 53.4 Å². The molecule has 0 saturated heterocycles. The Morgan fingerprint density at radius 1 is 1.53 bits per heavy atom. The minimum atomic E-state index is -0.279. The van der Waals surface area contributed by atoms with E-state index < -0.39 is 0 Å². The molecule has 0 heterocycles. The van der Waals surface area contributed by atoms with Gasteiger partial charge in [-0.05, 0) is 37.2 Å². The summed E-state index contributed by atoms with van der Waals surface area (Å²) in [6.07, 6.45) is 2.61. The highest BCUT2D eigenvalue weighted by Crippen LogP contribution is 2.41. The lowest BCUT2D eigenvalue weighted by Crippen LogP contribution is -2.32. The lowest BCUT2D eigenvalue weighted by Gasteiger charge is -2.36. The molecule has 0 fully saturated rings. The highest BCUT2D eigenvalue weighted by molar-refractivity contribution is 5.97. The van der Waals surface area contributed by atoms with Crippen molar-refractivity contribution in [3.63, 3.8) is 0 Å². The van der Waals surface area contributed by atoms with Crippen molar-refractivity contribution in [2.45, 2.75) is 59.5 Å². The van der Waals surface area contributed by atoms with Crippen LogP contribution in [-0.2, 0) is 4.79 Å². The molecule has 0 radical (unpaired) electrons. The van der Waals surface area contributed by atoms with Gasteiger partial charge in [0.15, 0.2) is 5.78 Å². The van der Waals surface area contributed by atoms with Crippen molar-refractivity contribution in [2.24, 2.45) is 5.41 Å². The number of carbonyl (C=O) groups excluding carboxylic acids is 1. The number of hydrogen-bond donors (Lipinski definition) is 1. The summed E-state index contributed by atoms with van der Waals surface area (Å²) in [5.41, 5.74) is 1.89. The lowest BCUT2D eigenvalue weighted by molar-refractivity contribution is -0.117. The number of hydrogen-bond acceptors (Lipinski definition) is 2. The Kier molecular flexibility index (Phi) is 3.72. The normalized spacial score (nSPS) is 25.5. The molecular weight excluding hydrogens is 188 g/mol. The van der Waals surface area contributed by atoms with E-state index in [0.717, 1.165) is 17.6 Å². The Bertz CT molecular complexity index is 287. The molecule has 2 nitrogen and oxygen atoms in total. The highest BCUT2D eigenvalue weighted by atomic mass is 16.3. The Labute approximate surface area is 92.4 Å². The molecule has 0 amide bonds. The first kappa shape index (κ1) is 12.4. The second-order valence-corrected chi connectivity index (χ2v) is 5.27. The molecule has 1 aliphatic carbocycles. The molecule has 0 bridgehead atoms. The van der Waals surface area contributed by atoms with Crippen molar-refractivity contribution in [3.05, 3.63) is 11.1 Å². The van der Waals surface area contributed by atoms with E-state index >= 15 is 0 Å². The fourth-order valence-electron chi connectivity index (χ4n) is 2.76. The van der Waals surface area contributed by atoms with E-state index in [1.807, 2.05) is 13.8 Å². The molecule has 0 aromatic carbocycles. The minimum absolute atomic E-state index is 0.159. The van der Waals surface area contributed by atoms with Crippen LogP contribution in [0.4, 0.5) is 0 Å². The third-order valence-electron chi connectivity index (χ3n) is 3.15. The number of Topliss-reactive ketones (excluding diaryl/α,β-unsaturated/α-hetero) is 1. The number of aliphatic hydroxyl groups is 1. The van der Waals surface area contributed by atoms with Crippen LogP contribution in [0.25, 0.3) is 0 Å². The molecule has 1 unspecified atom stereocenters. The average molecular weight is 210 g/mol. The second-order valence-electron chi connectivity index (χ2n) is 5.27. The largest absolute Gasteiger partial charge is 0.393 e. The summed E-state index contributed by atoms with van der Waals surface area (Å²) in [7, 11) is 0. The van der Waals surface area contributed by atoms with Crippen LogP contribution in [-0.4, -0.2) is 17.0 Å². The summed E-state index contributed by atoms with van der Waals surface area (Å²) in [5, 5.41) is 9.70. The van der Waals surface area contributed by atoms with Crippen LogP contribution in [0.15, 0.2) is 11.1 Å². The van der Waals surface area contributed by atoms with Crippen LogP contribution in [0.3, 0.4) is 0 Å². The summed E-state index contributed by atoms with van der Waals surface area (Å²) in [6, 6.07) is 0. The van der Waals surface area contributed by atoms with Crippen LogP contribution in [0.5, 0.6) is 0 Å². The zero-order chi connectivity index (χ0) is 11.6. The Morgan fingerprint density at radius 3 is 2.60 bits per heavy atom. The molecule has 86 valence electrons. The number of rotatable bonds is 3. The third-order valence-corrected chi connectivity index (χ3v) is 3.15. The quantitative estimate of drug-likeness (QED) is 0.777. The smallest absolute Gasteiger partial charge is 0.159 e. The van der Waals surface area contributed by atoms with Gasteiger partial charge in [-0.25, -0.2) is 0 Å². The predicted molar refractivity (Wildman–Crippen MR) is 61.6 cm³/mol. The van der Waals surface area contributed by atoms with Crippen molar-refractivity contribution >= 4 is 5.78 Å². The zero-order valence-corrected chi connectivity index (χ0v) is 10.3. The third kappa shape index (κ3) is 2.69. The molecule has 1 aliphatic rings. The fraction of sp³-hybridized carbons (Fsp3) is 0.769. The van der Waals surface area contributed by atoms with Gasteiger partial charge in [-0.3, -0.25) is 4.79 Å². The van der Waals surface area contributed by atoms with Gasteiger partial charge >= 0.3 is 0 Å². The van der Waals surface area contributed by atoms with E-state index in [1.54, 1.807) is 0 Å². The summed E-state index contributed by atoms with van der Waals surface area (Å²) in [4.78, 5) is 12.0. The summed E-state index contributed by atoms with van der Waals surface area (Å²) in [6.45, 7) is 8.12. The maximum absolute atomic E-state index is 12.0. The van der Waals surface area contributed by atoms with Gasteiger partial charge in [0.25, 0.3) is 0 Å². The van der Waals surface area contributed by atoms with Crippen LogP contribution >= 0.6 is 0 Å². The molecule has 2 heteroatoms. The van der Waals surface area contributed by atoms with Gasteiger partial charge in [0.05, 0.1) is 6.10 Å². The predicted octanol–water partition coefficient (Wildman–Crippen LogP) is 2.85. The lowest BCUT2D eigenvalue weighted by atomic mass is 9.69. The number of allylic oxidation sites excluding steroid dienone is 1. The van der Waals surface area contributed by atoms with Gasteiger partial charge in [0, 0.05) is 6.42 Å². The first-order valence-electron chi connectivity index (χ1n) is 5.80. The molecule has 0 aromatic rings. The van der Waals surface area contributed by atoms with Crippen molar-refractivity contribution < 1.29 is 9.90 Å². The van der Waals surface area contributed by atoms with Crippen LogP contribution < -0.4 is 0 Å². The van der Waals surface area contributed by atoms with Crippen molar-refractivity contribution in [3.8, 4) is 0 Å². The van der Waals surface area contributed by atoms with Gasteiger partial charge in [-0.15, -0.1) is 0 Å². The number of carbonyl (C=O) groups is 1. The number of ketones is 1. The van der Waals surface area contributed by atoms with Gasteiger partial charge < -0.3 is 5.11 Å². The zero-order valence-electron chi connectivity index (χ0n) is 10.3. The summed E-state index contributed by atoms with van der Waals surface area (Å²) >= 11 is 0. The highest BCUT2D eigenvalue weighted by Gasteiger charge is 2.35. The van der Waals surface area contributed by atoms with Crippen LogP contribution in [0.2, 0.25) is 0 Å². The molecule has 1 rings (SSSR count). The average Bonchev–Trinajstić information content (AvgIpc) is 1.99. The van der Waals surface area contributed by atoms with E-state index in [1.165, 1.54) is 0 Å². The Balaban J connectivity index is 3.01. The molecule has 0 aliphatic heterocycles. The molecule has 1 N–H and O–H groups in total. The van der Waals surface area contributed by atoms with Gasteiger partial charge in [-0.1, -0.05) is 26.3 Å².